The average Bonchev–Trinajstić information content (AvgIpc) is 3.55. The third kappa shape index (κ3) is 11.1. The predicted octanol–water partition coefficient (Wildman–Crippen LogP) is 2.49. The molecular weight excluding hydrogens is 392 g/mol. The molecule has 4 N–H and O–H groups in total. The summed E-state index contributed by atoms with van der Waals surface area (Å²) in [5.74, 6) is 2.47. The Hall–Kier alpha value is -2.28. The van der Waals surface area contributed by atoms with Gasteiger partial charge in [0.1, 0.15) is 5.75 Å². The standard InChI is InChI=1S/C24H40N4O3/c1-4-25-24(27-16-20(12-14-29)15-18(2)3)26-13-11-19-5-9-22(10-6-19)31-17-23(30)28-21-7-8-21/h5-6,9-10,18,20-21,29H,4,7-8,11-17H2,1-3H3,(H,28,30)(H2,25,26,27). The molecule has 1 fully saturated rings. The highest BCUT2D eigenvalue weighted by atomic mass is 16.5. The fourth-order valence-electron chi connectivity index (χ4n) is 3.42. The molecule has 0 saturated heterocycles. The molecule has 1 unspecified atom stereocenters. The van der Waals surface area contributed by atoms with Crippen LogP contribution in [0.2, 0.25) is 0 Å². The summed E-state index contributed by atoms with van der Waals surface area (Å²) in [4.78, 5) is 16.4. The molecule has 1 aromatic carbocycles. The highest BCUT2D eigenvalue weighted by Gasteiger charge is 2.23. The van der Waals surface area contributed by atoms with E-state index in [-0.39, 0.29) is 19.1 Å². The Kier molecular flexibility index (Phi) is 11.2. The zero-order chi connectivity index (χ0) is 22.5. The molecule has 0 radical (unpaired) electrons. The van der Waals surface area contributed by atoms with Crippen LogP contribution >= 0.6 is 0 Å². The van der Waals surface area contributed by atoms with E-state index < -0.39 is 0 Å². The van der Waals surface area contributed by atoms with Crippen molar-refractivity contribution < 1.29 is 14.6 Å². The van der Waals surface area contributed by atoms with E-state index in [1.807, 2.05) is 24.3 Å². The van der Waals surface area contributed by atoms with Crippen LogP contribution in [0.3, 0.4) is 0 Å². The molecular formula is C24H40N4O3. The molecule has 0 aliphatic heterocycles. The van der Waals surface area contributed by atoms with Crippen LogP contribution in [0.15, 0.2) is 29.3 Å². The maximum atomic E-state index is 11.7. The Morgan fingerprint density at radius 1 is 1.23 bits per heavy atom. The van der Waals surface area contributed by atoms with Crippen molar-refractivity contribution in [3.63, 3.8) is 0 Å². The van der Waals surface area contributed by atoms with Crippen molar-refractivity contribution in [1.29, 1.82) is 0 Å². The van der Waals surface area contributed by atoms with Crippen molar-refractivity contribution >= 4 is 11.9 Å². The molecule has 0 aromatic heterocycles. The maximum Gasteiger partial charge on any atom is 0.258 e. The maximum absolute atomic E-state index is 11.7. The van der Waals surface area contributed by atoms with E-state index in [1.54, 1.807) is 0 Å². The van der Waals surface area contributed by atoms with Crippen molar-refractivity contribution in [3.05, 3.63) is 29.8 Å². The summed E-state index contributed by atoms with van der Waals surface area (Å²) < 4.78 is 5.55. The lowest BCUT2D eigenvalue weighted by Crippen LogP contribution is -2.38. The number of carbonyl (C=O) groups excluding carboxylic acids is 1. The van der Waals surface area contributed by atoms with Gasteiger partial charge in [-0.2, -0.15) is 0 Å². The van der Waals surface area contributed by atoms with Gasteiger partial charge in [-0.15, -0.1) is 0 Å². The molecule has 7 nitrogen and oxygen atoms in total. The number of hydrogen-bond donors (Lipinski definition) is 4. The van der Waals surface area contributed by atoms with Gasteiger partial charge in [-0.3, -0.25) is 9.79 Å². The van der Waals surface area contributed by atoms with Gasteiger partial charge in [-0.25, -0.2) is 0 Å². The van der Waals surface area contributed by atoms with Gasteiger partial charge in [-0.1, -0.05) is 26.0 Å². The van der Waals surface area contributed by atoms with Gasteiger partial charge in [0.15, 0.2) is 12.6 Å². The van der Waals surface area contributed by atoms with Crippen LogP contribution < -0.4 is 20.7 Å². The molecule has 0 spiro atoms. The van der Waals surface area contributed by atoms with Gasteiger partial charge < -0.3 is 25.8 Å². The summed E-state index contributed by atoms with van der Waals surface area (Å²) in [5, 5.41) is 18.9. The van der Waals surface area contributed by atoms with Crippen molar-refractivity contribution in [2.24, 2.45) is 16.8 Å². The third-order valence-corrected chi connectivity index (χ3v) is 5.14. The number of carbonyl (C=O) groups is 1. The molecule has 0 heterocycles. The Labute approximate surface area is 187 Å². The van der Waals surface area contributed by atoms with Crippen LogP contribution in [-0.2, 0) is 11.2 Å². The minimum atomic E-state index is -0.0550. The van der Waals surface area contributed by atoms with Gasteiger partial charge in [0, 0.05) is 32.3 Å². The number of guanidine groups is 1. The quantitative estimate of drug-likeness (QED) is 0.268. The minimum absolute atomic E-state index is 0.0550. The van der Waals surface area contributed by atoms with E-state index in [0.717, 1.165) is 51.2 Å². The van der Waals surface area contributed by atoms with Gasteiger partial charge in [-0.05, 0) is 68.6 Å². The van der Waals surface area contributed by atoms with Crippen LogP contribution in [-0.4, -0.2) is 55.9 Å². The number of aliphatic hydroxyl groups is 1. The fraction of sp³-hybridized carbons (Fsp3) is 0.667. The normalized spacial score (nSPS) is 14.9. The van der Waals surface area contributed by atoms with Crippen LogP contribution in [0.25, 0.3) is 0 Å². The highest BCUT2D eigenvalue weighted by Crippen LogP contribution is 2.18. The Morgan fingerprint density at radius 2 is 1.97 bits per heavy atom. The molecule has 7 heteroatoms. The zero-order valence-electron chi connectivity index (χ0n) is 19.3. The van der Waals surface area contributed by atoms with Crippen LogP contribution in [0, 0.1) is 11.8 Å². The molecule has 1 amide bonds. The summed E-state index contributed by atoms with van der Waals surface area (Å²) in [6, 6.07) is 8.23. The van der Waals surface area contributed by atoms with Gasteiger partial charge in [0.2, 0.25) is 0 Å². The van der Waals surface area contributed by atoms with E-state index in [9.17, 15) is 9.90 Å². The molecule has 1 aliphatic carbocycles. The highest BCUT2D eigenvalue weighted by molar-refractivity contribution is 5.79. The number of hydrogen-bond acceptors (Lipinski definition) is 4. The summed E-state index contributed by atoms with van der Waals surface area (Å²) in [6.45, 7) is 9.03. The first-order valence-corrected chi connectivity index (χ1v) is 11.6. The first kappa shape index (κ1) is 25.0. The number of ether oxygens (including phenoxy) is 1. The van der Waals surface area contributed by atoms with Crippen LogP contribution in [0.5, 0.6) is 5.75 Å². The van der Waals surface area contributed by atoms with Gasteiger partial charge in [0.25, 0.3) is 5.91 Å². The van der Waals surface area contributed by atoms with Crippen LogP contribution in [0.4, 0.5) is 0 Å². The smallest absolute Gasteiger partial charge is 0.258 e. The minimum Gasteiger partial charge on any atom is -0.484 e. The second-order valence-electron chi connectivity index (χ2n) is 8.68. The topological polar surface area (TPSA) is 95.0 Å². The Balaban J connectivity index is 1.74. The van der Waals surface area contributed by atoms with Crippen molar-refractivity contribution in [2.75, 3.05) is 32.8 Å². The number of aliphatic imine (C=N–C) groups is 1. The summed E-state index contributed by atoms with van der Waals surface area (Å²) in [6.07, 6.45) is 4.88. The summed E-state index contributed by atoms with van der Waals surface area (Å²) >= 11 is 0. The lowest BCUT2D eigenvalue weighted by Gasteiger charge is -2.17. The SMILES string of the molecule is CCNC(=NCC(CCO)CC(C)C)NCCc1ccc(OCC(=O)NC2CC2)cc1. The van der Waals surface area contributed by atoms with Crippen molar-refractivity contribution in [2.45, 2.75) is 58.9 Å². The second kappa shape index (κ2) is 13.9. The predicted molar refractivity (Wildman–Crippen MR) is 125 cm³/mol. The second-order valence-corrected chi connectivity index (χ2v) is 8.68. The number of benzene rings is 1. The number of aliphatic hydroxyl groups excluding tert-OH is 1. The monoisotopic (exact) mass is 432 g/mol. The number of nitrogens with one attached hydrogen (secondary N) is 3. The fourth-order valence-corrected chi connectivity index (χ4v) is 3.42. The lowest BCUT2D eigenvalue weighted by molar-refractivity contribution is -0.123. The number of rotatable bonds is 14. The first-order chi connectivity index (χ1) is 15.0. The van der Waals surface area contributed by atoms with E-state index in [0.29, 0.717) is 30.2 Å². The molecule has 31 heavy (non-hydrogen) atoms. The molecule has 1 aromatic rings. The van der Waals surface area contributed by atoms with Crippen LogP contribution in [0.1, 0.15) is 52.0 Å². The lowest BCUT2D eigenvalue weighted by atomic mass is 9.94. The molecule has 1 aliphatic rings. The third-order valence-electron chi connectivity index (χ3n) is 5.14. The molecule has 1 saturated carbocycles. The largest absolute Gasteiger partial charge is 0.484 e. The van der Waals surface area contributed by atoms with Gasteiger partial charge >= 0.3 is 0 Å². The number of nitrogens with zero attached hydrogens (tertiary/aromatic N) is 1. The Morgan fingerprint density at radius 3 is 2.58 bits per heavy atom. The molecule has 174 valence electrons. The van der Waals surface area contributed by atoms with E-state index >= 15 is 0 Å². The molecule has 1 atom stereocenters. The van der Waals surface area contributed by atoms with Gasteiger partial charge in [0.05, 0.1) is 0 Å². The molecule has 0 bridgehead atoms. The van der Waals surface area contributed by atoms with Crippen molar-refractivity contribution in [1.82, 2.24) is 16.0 Å². The van der Waals surface area contributed by atoms with E-state index in [2.05, 4.69) is 36.7 Å². The first-order valence-electron chi connectivity index (χ1n) is 11.6. The van der Waals surface area contributed by atoms with Crippen molar-refractivity contribution in [3.8, 4) is 5.75 Å². The number of amides is 1. The summed E-state index contributed by atoms with van der Waals surface area (Å²) in [5.41, 5.74) is 1.19. The van der Waals surface area contributed by atoms with E-state index in [1.165, 1.54) is 5.56 Å². The molecule has 2 rings (SSSR count). The summed E-state index contributed by atoms with van der Waals surface area (Å²) in [7, 11) is 0. The Bertz CT molecular complexity index is 672. The van der Waals surface area contributed by atoms with E-state index in [4.69, 9.17) is 9.73 Å². The average molecular weight is 433 g/mol. The zero-order valence-corrected chi connectivity index (χ0v) is 19.3.